The normalized spacial score (nSPS) is 12.9. The van der Waals surface area contributed by atoms with Gasteiger partial charge in [0.2, 0.25) is 0 Å². The number of carbonyl (C=O) groups is 4. The van der Waals surface area contributed by atoms with E-state index in [9.17, 15) is 19.2 Å². The van der Waals surface area contributed by atoms with Crippen LogP contribution in [0.4, 0.5) is 0 Å². The molecular weight excluding hydrogens is 410 g/mol. The zero-order valence-electron chi connectivity index (χ0n) is 17.7. The van der Waals surface area contributed by atoms with Gasteiger partial charge in [0.25, 0.3) is 11.8 Å². The molecule has 0 fully saturated rings. The Bertz CT molecular complexity index is 1190. The van der Waals surface area contributed by atoms with Crippen LogP contribution in [0.5, 0.6) is 0 Å². The van der Waals surface area contributed by atoms with E-state index in [1.807, 2.05) is 12.1 Å². The molecule has 0 saturated carbocycles. The summed E-state index contributed by atoms with van der Waals surface area (Å²) < 4.78 is 10.4. The summed E-state index contributed by atoms with van der Waals surface area (Å²) in [4.78, 5) is 51.1. The minimum atomic E-state index is -0.746. The summed E-state index contributed by atoms with van der Waals surface area (Å²) in [7, 11) is 0. The molecule has 0 saturated heterocycles. The van der Waals surface area contributed by atoms with Gasteiger partial charge >= 0.3 is 5.97 Å². The smallest absolute Gasteiger partial charge is 0.338 e. The van der Waals surface area contributed by atoms with Crippen molar-refractivity contribution in [2.45, 2.75) is 26.3 Å². The van der Waals surface area contributed by atoms with Crippen molar-refractivity contribution in [3.05, 3.63) is 94.4 Å². The number of Topliss-reactive ketones (excluding diaryl/α,β-unsaturated/α-hetero) is 1. The quantitative estimate of drug-likeness (QED) is 0.316. The van der Waals surface area contributed by atoms with E-state index < -0.39 is 24.4 Å². The van der Waals surface area contributed by atoms with Gasteiger partial charge in [-0.1, -0.05) is 38.1 Å². The van der Waals surface area contributed by atoms with Crippen molar-refractivity contribution in [1.82, 2.24) is 4.90 Å². The lowest BCUT2D eigenvalue weighted by molar-refractivity contribution is 0.0474. The maximum absolute atomic E-state index is 12.7. The third-order valence-electron chi connectivity index (χ3n) is 5.33. The van der Waals surface area contributed by atoms with E-state index in [0.717, 1.165) is 10.5 Å². The zero-order valence-corrected chi connectivity index (χ0v) is 17.7. The molecule has 1 aliphatic rings. The van der Waals surface area contributed by atoms with Crippen LogP contribution in [0.2, 0.25) is 0 Å². The molecule has 0 radical (unpaired) electrons. The number of hydrogen-bond acceptors (Lipinski definition) is 6. The molecule has 7 heteroatoms. The lowest BCUT2D eigenvalue weighted by Gasteiger charge is -2.11. The van der Waals surface area contributed by atoms with Gasteiger partial charge in [-0.3, -0.25) is 19.3 Å². The van der Waals surface area contributed by atoms with Gasteiger partial charge in [-0.2, -0.15) is 0 Å². The van der Waals surface area contributed by atoms with Gasteiger partial charge in [-0.25, -0.2) is 4.79 Å². The highest BCUT2D eigenvalue weighted by Gasteiger charge is 2.36. The Hall–Kier alpha value is -4.00. The number of furan rings is 1. The van der Waals surface area contributed by atoms with Crippen molar-refractivity contribution < 1.29 is 28.3 Å². The summed E-state index contributed by atoms with van der Waals surface area (Å²) >= 11 is 0. The minimum Gasteiger partial charge on any atom is -0.467 e. The fourth-order valence-electron chi connectivity index (χ4n) is 3.47. The monoisotopic (exact) mass is 431 g/mol. The zero-order chi connectivity index (χ0) is 22.8. The molecule has 4 rings (SSSR count). The first kappa shape index (κ1) is 21.2. The van der Waals surface area contributed by atoms with Gasteiger partial charge in [-0.15, -0.1) is 0 Å². The van der Waals surface area contributed by atoms with Crippen molar-refractivity contribution in [3.63, 3.8) is 0 Å². The average Bonchev–Trinajstić information content (AvgIpc) is 3.40. The molecule has 1 aromatic heterocycles. The van der Waals surface area contributed by atoms with Crippen LogP contribution in [0.1, 0.15) is 72.5 Å². The lowest BCUT2D eigenvalue weighted by Crippen LogP contribution is -2.28. The molecule has 3 aromatic rings. The predicted octanol–water partition coefficient (Wildman–Crippen LogP) is 4.24. The summed E-state index contributed by atoms with van der Waals surface area (Å²) in [5.74, 6) is -1.23. The number of esters is 1. The first-order chi connectivity index (χ1) is 15.3. The van der Waals surface area contributed by atoms with Crippen LogP contribution in [-0.2, 0) is 11.3 Å². The Kier molecular flexibility index (Phi) is 5.73. The van der Waals surface area contributed by atoms with Crippen molar-refractivity contribution in [3.8, 4) is 0 Å². The maximum Gasteiger partial charge on any atom is 0.338 e. The minimum absolute atomic E-state index is 0.00320. The maximum atomic E-state index is 12.7. The van der Waals surface area contributed by atoms with Crippen LogP contribution in [0.25, 0.3) is 0 Å². The fourth-order valence-corrected chi connectivity index (χ4v) is 3.47. The number of imide groups is 1. The Morgan fingerprint density at radius 2 is 1.62 bits per heavy atom. The Balaban J connectivity index is 1.42. The number of ketones is 1. The molecule has 0 spiro atoms. The molecule has 2 aromatic carbocycles. The van der Waals surface area contributed by atoms with Gasteiger partial charge in [0.15, 0.2) is 12.4 Å². The highest BCUT2D eigenvalue weighted by Crippen LogP contribution is 2.26. The van der Waals surface area contributed by atoms with Crippen LogP contribution < -0.4 is 0 Å². The van der Waals surface area contributed by atoms with E-state index in [1.165, 1.54) is 24.5 Å². The first-order valence-electron chi connectivity index (χ1n) is 10.2. The molecule has 162 valence electrons. The van der Waals surface area contributed by atoms with E-state index in [1.54, 1.807) is 24.3 Å². The summed E-state index contributed by atoms with van der Waals surface area (Å²) in [5, 5.41) is 0. The number of amides is 2. The van der Waals surface area contributed by atoms with Crippen molar-refractivity contribution in [1.29, 1.82) is 0 Å². The summed E-state index contributed by atoms with van der Waals surface area (Å²) in [6.07, 6.45) is 1.46. The second-order valence-electron chi connectivity index (χ2n) is 7.81. The van der Waals surface area contributed by atoms with Crippen LogP contribution >= 0.6 is 0 Å². The van der Waals surface area contributed by atoms with E-state index in [0.29, 0.717) is 17.2 Å². The van der Waals surface area contributed by atoms with E-state index in [-0.39, 0.29) is 29.0 Å². The molecule has 0 unspecified atom stereocenters. The van der Waals surface area contributed by atoms with Gasteiger partial charge in [0.1, 0.15) is 5.76 Å². The molecule has 2 amide bonds. The van der Waals surface area contributed by atoms with Gasteiger partial charge in [0.05, 0.1) is 29.5 Å². The fraction of sp³-hybridized carbons (Fsp3) is 0.200. The van der Waals surface area contributed by atoms with E-state index in [4.69, 9.17) is 9.15 Å². The Labute approximate surface area is 184 Å². The van der Waals surface area contributed by atoms with Gasteiger partial charge in [-0.05, 0) is 41.8 Å². The SMILES string of the molecule is CC(C)c1ccc(C(=O)COC(=O)c2ccc3c(c2)C(=O)N(Cc2ccco2)C3=O)cc1. The number of hydrogen-bond donors (Lipinski definition) is 0. The van der Waals surface area contributed by atoms with Crippen LogP contribution in [-0.4, -0.2) is 35.1 Å². The molecule has 0 bridgehead atoms. The highest BCUT2D eigenvalue weighted by molar-refractivity contribution is 6.21. The highest BCUT2D eigenvalue weighted by atomic mass is 16.5. The number of fused-ring (bicyclic) bond motifs is 1. The largest absolute Gasteiger partial charge is 0.467 e. The molecule has 2 heterocycles. The average molecular weight is 431 g/mol. The third-order valence-corrected chi connectivity index (χ3v) is 5.33. The second-order valence-corrected chi connectivity index (χ2v) is 7.81. The molecule has 0 atom stereocenters. The number of nitrogens with zero attached hydrogens (tertiary/aromatic N) is 1. The van der Waals surface area contributed by atoms with Crippen LogP contribution in [0.3, 0.4) is 0 Å². The lowest BCUT2D eigenvalue weighted by atomic mass is 10.0. The Morgan fingerprint density at radius 3 is 2.28 bits per heavy atom. The van der Waals surface area contributed by atoms with E-state index >= 15 is 0 Å². The van der Waals surface area contributed by atoms with Crippen molar-refractivity contribution in [2.24, 2.45) is 0 Å². The van der Waals surface area contributed by atoms with E-state index in [2.05, 4.69) is 13.8 Å². The molecule has 0 N–H and O–H groups in total. The third kappa shape index (κ3) is 4.09. The number of carbonyl (C=O) groups excluding carboxylic acids is 4. The summed E-state index contributed by atoms with van der Waals surface area (Å²) in [5.41, 5.74) is 1.97. The molecule has 0 aliphatic carbocycles. The number of ether oxygens (including phenoxy) is 1. The van der Waals surface area contributed by atoms with Crippen molar-refractivity contribution >= 4 is 23.6 Å². The van der Waals surface area contributed by atoms with Gasteiger partial charge < -0.3 is 9.15 Å². The number of rotatable bonds is 7. The molecule has 7 nitrogen and oxygen atoms in total. The molecule has 32 heavy (non-hydrogen) atoms. The van der Waals surface area contributed by atoms with Gasteiger partial charge in [0, 0.05) is 5.56 Å². The second kappa shape index (κ2) is 8.63. The predicted molar refractivity (Wildman–Crippen MR) is 114 cm³/mol. The summed E-state index contributed by atoms with van der Waals surface area (Å²) in [6, 6.07) is 14.6. The topological polar surface area (TPSA) is 93.9 Å². The van der Waals surface area contributed by atoms with Crippen LogP contribution in [0.15, 0.2) is 65.3 Å². The standard InChI is InChI=1S/C25H21NO6/c1-15(2)16-5-7-17(8-6-16)22(27)14-32-25(30)18-9-10-20-21(12-18)24(29)26(23(20)28)13-19-4-3-11-31-19/h3-12,15H,13-14H2,1-2H3. The van der Waals surface area contributed by atoms with Crippen molar-refractivity contribution in [2.75, 3.05) is 6.61 Å². The Morgan fingerprint density at radius 1 is 0.938 bits per heavy atom. The molecule has 1 aliphatic heterocycles. The first-order valence-corrected chi connectivity index (χ1v) is 10.2. The molecular formula is C25H21NO6. The summed E-state index contributed by atoms with van der Waals surface area (Å²) in [6.45, 7) is 3.70. The number of benzene rings is 2. The van der Waals surface area contributed by atoms with Crippen LogP contribution in [0, 0.1) is 0 Å².